The van der Waals surface area contributed by atoms with Crippen LogP contribution in [0.1, 0.15) is 10.4 Å². The number of carbonyl (C=O) groups is 1. The molecule has 1 atom stereocenters. The third-order valence-corrected chi connectivity index (χ3v) is 6.11. The molecule has 1 aliphatic heterocycles. The van der Waals surface area contributed by atoms with E-state index in [1.54, 1.807) is 12.1 Å². The Bertz CT molecular complexity index is 934. The summed E-state index contributed by atoms with van der Waals surface area (Å²) in [5.41, 5.74) is 3.20. The van der Waals surface area contributed by atoms with Gasteiger partial charge in [-0.3, -0.25) is 14.5 Å². The van der Waals surface area contributed by atoms with Crippen LogP contribution in [-0.2, 0) is 9.57 Å². The van der Waals surface area contributed by atoms with Gasteiger partial charge in [0, 0.05) is 23.2 Å². The molecule has 2 aromatic carbocycles. The van der Waals surface area contributed by atoms with Crippen LogP contribution in [0.15, 0.2) is 34.8 Å². The van der Waals surface area contributed by atoms with Gasteiger partial charge in [-0.15, -0.1) is 0 Å². The molecule has 0 radical (unpaired) electrons. The van der Waals surface area contributed by atoms with Crippen LogP contribution in [0.25, 0.3) is 0 Å². The molecule has 2 aromatic rings. The lowest BCUT2D eigenvalue weighted by atomic mass is 10.1. The second kappa shape index (κ2) is 11.7. The molecule has 11 heteroatoms. The zero-order chi connectivity index (χ0) is 22.4. The van der Waals surface area contributed by atoms with Crippen molar-refractivity contribution in [3.8, 4) is 0 Å². The number of nitrogens with one attached hydrogen (secondary N) is 2. The van der Waals surface area contributed by atoms with E-state index in [0.717, 1.165) is 16.7 Å². The number of nitrogens with zero attached hydrogens (tertiary/aromatic N) is 1. The van der Waals surface area contributed by atoms with Crippen molar-refractivity contribution < 1.29 is 23.9 Å². The molecule has 1 fully saturated rings. The van der Waals surface area contributed by atoms with E-state index in [1.165, 1.54) is 12.1 Å². The van der Waals surface area contributed by atoms with Crippen LogP contribution in [0.3, 0.4) is 0 Å². The first-order valence-corrected chi connectivity index (χ1v) is 11.7. The van der Waals surface area contributed by atoms with E-state index < -0.39 is 17.8 Å². The Morgan fingerprint density at radius 3 is 2.77 bits per heavy atom. The summed E-state index contributed by atoms with van der Waals surface area (Å²) in [5.74, 6) is -1.13. The van der Waals surface area contributed by atoms with Gasteiger partial charge in [0.15, 0.2) is 0 Å². The van der Waals surface area contributed by atoms with Crippen molar-refractivity contribution in [3.63, 3.8) is 0 Å². The van der Waals surface area contributed by atoms with Crippen molar-refractivity contribution in [2.24, 2.45) is 0 Å². The van der Waals surface area contributed by atoms with Gasteiger partial charge >= 0.3 is 0 Å². The molecule has 3 N–H and O–H groups in total. The fourth-order valence-corrected chi connectivity index (χ4v) is 4.21. The number of hydroxylamine groups is 1. The molecule has 7 nitrogen and oxygen atoms in total. The van der Waals surface area contributed by atoms with Crippen molar-refractivity contribution in [2.45, 2.75) is 6.10 Å². The first-order valence-electron chi connectivity index (χ1n) is 9.45. The zero-order valence-corrected chi connectivity index (χ0v) is 20.8. The van der Waals surface area contributed by atoms with Gasteiger partial charge in [0.05, 0.1) is 45.8 Å². The molecule has 0 aliphatic carbocycles. The largest absolute Gasteiger partial charge is 0.389 e. The maximum absolute atomic E-state index is 14.1. The van der Waals surface area contributed by atoms with Crippen LogP contribution in [0.4, 0.5) is 15.8 Å². The summed E-state index contributed by atoms with van der Waals surface area (Å²) in [5, 5.41) is 13.5. The molecule has 0 saturated carbocycles. The monoisotopic (exact) mass is 627 g/mol. The molecule has 31 heavy (non-hydrogen) atoms. The Kier molecular flexibility index (Phi) is 9.32. The molecule has 168 valence electrons. The minimum atomic E-state index is -0.776. The lowest BCUT2D eigenvalue weighted by molar-refractivity contribution is -0.0362. The number of halogens is 4. The third kappa shape index (κ3) is 7.24. The number of aliphatic hydroxyl groups excluding tert-OH is 1. The van der Waals surface area contributed by atoms with Gasteiger partial charge < -0.3 is 15.2 Å². The molecule has 0 bridgehead atoms. The van der Waals surface area contributed by atoms with E-state index in [2.05, 4.69) is 54.2 Å². The Morgan fingerprint density at radius 1 is 1.32 bits per heavy atom. The Labute approximate surface area is 206 Å². The summed E-state index contributed by atoms with van der Waals surface area (Å²) in [6.45, 7) is 3.07. The number of benzene rings is 2. The maximum atomic E-state index is 14.1. The highest BCUT2D eigenvalue weighted by Crippen LogP contribution is 2.31. The molecular formula is C20H21BrClFIN3O4. The Balaban J connectivity index is 1.63. The van der Waals surface area contributed by atoms with E-state index in [-0.39, 0.29) is 22.3 Å². The van der Waals surface area contributed by atoms with Crippen molar-refractivity contribution in [1.29, 1.82) is 0 Å². The molecular weight excluding hydrogens is 607 g/mol. The fourth-order valence-electron chi connectivity index (χ4n) is 2.97. The number of anilines is 2. The highest BCUT2D eigenvalue weighted by atomic mass is 127. The van der Waals surface area contributed by atoms with Gasteiger partial charge in [-0.25, -0.2) is 9.87 Å². The number of amides is 1. The second-order valence-corrected chi connectivity index (χ2v) is 9.38. The highest BCUT2D eigenvalue weighted by molar-refractivity contribution is 14.1. The highest BCUT2D eigenvalue weighted by Gasteiger charge is 2.18. The normalized spacial score (nSPS) is 15.5. The lowest BCUT2D eigenvalue weighted by Crippen LogP contribution is -2.42. The number of β-amino-alcohol motifs (C(OH)–C–C–N with tert-alkyl or cyclic N) is 1. The van der Waals surface area contributed by atoms with E-state index in [0.29, 0.717) is 30.5 Å². The number of hydrogen-bond acceptors (Lipinski definition) is 6. The molecule has 0 spiro atoms. The van der Waals surface area contributed by atoms with E-state index >= 15 is 0 Å². The number of ether oxygens (including phenoxy) is 1. The number of carbonyl (C=O) groups excluding carboxylic acids is 1. The van der Waals surface area contributed by atoms with E-state index in [4.69, 9.17) is 21.2 Å². The van der Waals surface area contributed by atoms with Gasteiger partial charge in [-0.1, -0.05) is 11.6 Å². The molecule has 1 saturated heterocycles. The number of hydrogen-bond donors (Lipinski definition) is 3. The lowest BCUT2D eigenvalue weighted by Gasteiger charge is -2.28. The standard InChI is InChI=1S/C20H21BrClFIN3O4/c21-15-8-14(19(9-17(15)23)25-18-2-1-12(24)7-16(18)22)20(29)26-31-11-13(28)10-27-3-5-30-6-4-27/h1-2,7-9,13,25,28H,3-6,10-11H2,(H,26,29). The van der Waals surface area contributed by atoms with Crippen LogP contribution in [0, 0.1) is 9.39 Å². The first kappa shape index (κ1) is 24.6. The van der Waals surface area contributed by atoms with Crippen LogP contribution >= 0.6 is 50.1 Å². The van der Waals surface area contributed by atoms with Crippen molar-refractivity contribution in [1.82, 2.24) is 10.4 Å². The summed E-state index contributed by atoms with van der Waals surface area (Å²) < 4.78 is 20.5. The summed E-state index contributed by atoms with van der Waals surface area (Å²) in [6, 6.07) is 7.87. The predicted molar refractivity (Wildman–Crippen MR) is 128 cm³/mol. The van der Waals surface area contributed by atoms with Gasteiger partial charge in [-0.05, 0) is 68.9 Å². The quantitative estimate of drug-likeness (QED) is 0.304. The topological polar surface area (TPSA) is 83.1 Å². The van der Waals surface area contributed by atoms with Gasteiger partial charge in [0.25, 0.3) is 5.91 Å². The minimum absolute atomic E-state index is 0.0861. The van der Waals surface area contributed by atoms with Crippen molar-refractivity contribution in [2.75, 3.05) is 44.8 Å². The minimum Gasteiger partial charge on any atom is -0.389 e. The fraction of sp³-hybridized carbons (Fsp3) is 0.350. The average molecular weight is 629 g/mol. The Morgan fingerprint density at radius 2 is 2.06 bits per heavy atom. The third-order valence-electron chi connectivity index (χ3n) is 4.52. The molecule has 1 amide bonds. The van der Waals surface area contributed by atoms with E-state index in [1.807, 2.05) is 6.07 Å². The average Bonchev–Trinajstić information content (AvgIpc) is 2.73. The first-order chi connectivity index (χ1) is 14.8. The van der Waals surface area contributed by atoms with Crippen LogP contribution in [-0.4, -0.2) is 61.5 Å². The molecule has 1 aliphatic rings. The van der Waals surface area contributed by atoms with Gasteiger partial charge in [0.2, 0.25) is 0 Å². The Hall–Kier alpha value is -1.02. The van der Waals surface area contributed by atoms with Crippen LogP contribution < -0.4 is 10.8 Å². The maximum Gasteiger partial charge on any atom is 0.276 e. The van der Waals surface area contributed by atoms with Crippen LogP contribution in [0.2, 0.25) is 5.02 Å². The van der Waals surface area contributed by atoms with E-state index in [9.17, 15) is 14.3 Å². The van der Waals surface area contributed by atoms with Crippen molar-refractivity contribution in [3.05, 3.63) is 54.8 Å². The molecule has 3 rings (SSSR count). The summed E-state index contributed by atoms with van der Waals surface area (Å²) >= 11 is 11.5. The SMILES string of the molecule is O=C(NOCC(O)CN1CCOCC1)c1cc(Br)c(F)cc1Nc1ccc(I)cc1Cl. The number of rotatable bonds is 8. The zero-order valence-electron chi connectivity index (χ0n) is 16.3. The predicted octanol–water partition coefficient (Wildman–Crippen LogP) is 3.94. The summed E-state index contributed by atoms with van der Waals surface area (Å²) in [7, 11) is 0. The van der Waals surface area contributed by atoms with Gasteiger partial charge in [0.1, 0.15) is 12.4 Å². The van der Waals surface area contributed by atoms with Crippen molar-refractivity contribution >= 4 is 67.4 Å². The molecule has 1 unspecified atom stereocenters. The van der Waals surface area contributed by atoms with Crippen LogP contribution in [0.5, 0.6) is 0 Å². The molecule has 0 aromatic heterocycles. The summed E-state index contributed by atoms with van der Waals surface area (Å²) in [6.07, 6.45) is -0.776. The number of aliphatic hydroxyl groups is 1. The smallest absolute Gasteiger partial charge is 0.276 e. The van der Waals surface area contributed by atoms with Gasteiger partial charge in [-0.2, -0.15) is 0 Å². The second-order valence-electron chi connectivity index (χ2n) is 6.87. The molecule has 1 heterocycles. The summed E-state index contributed by atoms with van der Waals surface area (Å²) in [4.78, 5) is 19.9. The number of morpholine rings is 1.